The molecule has 1 N–H and O–H groups in total. The maximum atomic E-state index is 4.63. The third-order valence-corrected chi connectivity index (χ3v) is 5.70. The van der Waals surface area contributed by atoms with Crippen molar-refractivity contribution in [3.8, 4) is 0 Å². The summed E-state index contributed by atoms with van der Waals surface area (Å²) in [6, 6.07) is 1.81. The molecule has 0 saturated carbocycles. The van der Waals surface area contributed by atoms with E-state index in [0.29, 0.717) is 18.1 Å². The molecule has 0 aliphatic carbocycles. The molecule has 2 heterocycles. The number of nitrogens with one attached hydrogen (secondary N) is 1. The molecule has 1 aliphatic heterocycles. The zero-order valence-electron chi connectivity index (χ0n) is 13.4. The quantitative estimate of drug-likeness (QED) is 0.869. The van der Waals surface area contributed by atoms with Gasteiger partial charge in [-0.25, -0.2) is 4.98 Å². The van der Waals surface area contributed by atoms with Crippen molar-refractivity contribution in [1.29, 1.82) is 0 Å². The summed E-state index contributed by atoms with van der Waals surface area (Å²) < 4.78 is 0. The molecule has 0 radical (unpaired) electrons. The van der Waals surface area contributed by atoms with Crippen LogP contribution < -0.4 is 5.32 Å². The van der Waals surface area contributed by atoms with Crippen molar-refractivity contribution in [2.45, 2.75) is 71.5 Å². The fourth-order valence-corrected chi connectivity index (χ4v) is 4.05. The molecular weight excluding hydrogens is 266 g/mol. The van der Waals surface area contributed by atoms with E-state index in [1.54, 1.807) is 0 Å². The molecule has 1 fully saturated rings. The minimum absolute atomic E-state index is 0.461. The van der Waals surface area contributed by atoms with E-state index in [2.05, 4.69) is 49.1 Å². The number of likely N-dealkylation sites (tertiary alicyclic amines) is 1. The number of rotatable bonds is 6. The molecule has 4 heteroatoms. The number of nitrogens with zero attached hydrogens (tertiary/aromatic N) is 2. The van der Waals surface area contributed by atoms with Crippen LogP contribution in [-0.4, -0.2) is 35.1 Å². The van der Waals surface area contributed by atoms with Crippen molar-refractivity contribution >= 4 is 11.3 Å². The lowest BCUT2D eigenvalue weighted by Crippen LogP contribution is -2.48. The van der Waals surface area contributed by atoms with Gasteiger partial charge in [-0.3, -0.25) is 4.90 Å². The molecule has 2 rings (SSSR count). The first-order valence-electron chi connectivity index (χ1n) is 8.09. The second kappa shape index (κ2) is 7.53. The average molecular weight is 295 g/mol. The van der Waals surface area contributed by atoms with Crippen molar-refractivity contribution in [1.82, 2.24) is 15.2 Å². The molecule has 0 spiro atoms. The standard InChI is InChI=1S/C16H29N3S/c1-5-8-17-14-7-9-19(12(3)10-14)13(4)16-18-11-15(6-2)20-16/h11-14,17H,5-10H2,1-4H3. The second-order valence-electron chi connectivity index (χ2n) is 5.96. The zero-order chi connectivity index (χ0) is 14.5. The second-order valence-corrected chi connectivity index (χ2v) is 7.10. The highest BCUT2D eigenvalue weighted by molar-refractivity contribution is 7.11. The first-order chi connectivity index (χ1) is 9.65. The Hall–Kier alpha value is -0.450. The zero-order valence-corrected chi connectivity index (χ0v) is 14.2. The van der Waals surface area contributed by atoms with Crippen LogP contribution in [0.4, 0.5) is 0 Å². The van der Waals surface area contributed by atoms with Gasteiger partial charge in [-0.2, -0.15) is 0 Å². The average Bonchev–Trinajstić information content (AvgIpc) is 2.93. The molecule has 3 atom stereocenters. The van der Waals surface area contributed by atoms with E-state index >= 15 is 0 Å². The Kier molecular flexibility index (Phi) is 6.00. The maximum Gasteiger partial charge on any atom is 0.110 e. The van der Waals surface area contributed by atoms with Gasteiger partial charge in [0.05, 0.1) is 6.04 Å². The lowest BCUT2D eigenvalue weighted by atomic mass is 9.96. The molecule has 1 aromatic heterocycles. The van der Waals surface area contributed by atoms with E-state index in [1.807, 2.05) is 11.3 Å². The van der Waals surface area contributed by atoms with Crippen LogP contribution in [0.5, 0.6) is 0 Å². The van der Waals surface area contributed by atoms with Crippen LogP contribution in [0.25, 0.3) is 0 Å². The molecule has 20 heavy (non-hydrogen) atoms. The van der Waals surface area contributed by atoms with Crippen LogP contribution in [0, 0.1) is 0 Å². The fourth-order valence-electron chi connectivity index (χ4n) is 3.12. The van der Waals surface area contributed by atoms with E-state index < -0.39 is 0 Å². The summed E-state index contributed by atoms with van der Waals surface area (Å²) in [5.74, 6) is 0. The van der Waals surface area contributed by atoms with Gasteiger partial charge < -0.3 is 5.32 Å². The van der Waals surface area contributed by atoms with Crippen LogP contribution in [0.2, 0.25) is 0 Å². The number of aromatic nitrogens is 1. The summed E-state index contributed by atoms with van der Waals surface area (Å²) in [5.41, 5.74) is 0. The Morgan fingerprint density at radius 3 is 2.90 bits per heavy atom. The topological polar surface area (TPSA) is 28.2 Å². The van der Waals surface area contributed by atoms with Gasteiger partial charge in [0.25, 0.3) is 0 Å². The summed E-state index contributed by atoms with van der Waals surface area (Å²) in [4.78, 5) is 8.66. The SMILES string of the molecule is CCCNC1CCN(C(C)c2ncc(CC)s2)C(C)C1. The van der Waals surface area contributed by atoms with Gasteiger partial charge in [0.1, 0.15) is 5.01 Å². The van der Waals surface area contributed by atoms with Crippen LogP contribution in [0.3, 0.4) is 0 Å². The largest absolute Gasteiger partial charge is 0.314 e. The molecule has 1 saturated heterocycles. The third kappa shape index (κ3) is 3.80. The van der Waals surface area contributed by atoms with E-state index in [9.17, 15) is 0 Å². The van der Waals surface area contributed by atoms with Crippen LogP contribution >= 0.6 is 11.3 Å². The monoisotopic (exact) mass is 295 g/mol. The number of piperidine rings is 1. The molecular formula is C16H29N3S. The molecule has 3 nitrogen and oxygen atoms in total. The van der Waals surface area contributed by atoms with Gasteiger partial charge >= 0.3 is 0 Å². The van der Waals surface area contributed by atoms with E-state index in [0.717, 1.165) is 13.0 Å². The maximum absolute atomic E-state index is 4.63. The van der Waals surface area contributed by atoms with Gasteiger partial charge in [0.15, 0.2) is 0 Å². The first-order valence-corrected chi connectivity index (χ1v) is 8.91. The van der Waals surface area contributed by atoms with Crippen molar-refractivity contribution in [2.75, 3.05) is 13.1 Å². The van der Waals surface area contributed by atoms with Crippen LogP contribution in [0.1, 0.15) is 62.9 Å². The van der Waals surface area contributed by atoms with Crippen molar-refractivity contribution in [2.24, 2.45) is 0 Å². The highest BCUT2D eigenvalue weighted by Gasteiger charge is 2.29. The minimum Gasteiger partial charge on any atom is -0.314 e. The molecule has 3 unspecified atom stereocenters. The summed E-state index contributed by atoms with van der Waals surface area (Å²) in [5, 5.41) is 4.96. The predicted octanol–water partition coefficient (Wildman–Crippen LogP) is 3.62. The van der Waals surface area contributed by atoms with Gasteiger partial charge in [0, 0.05) is 29.7 Å². The highest BCUT2D eigenvalue weighted by atomic mass is 32.1. The third-order valence-electron chi connectivity index (χ3n) is 4.39. The fraction of sp³-hybridized carbons (Fsp3) is 0.812. The van der Waals surface area contributed by atoms with E-state index in [-0.39, 0.29) is 0 Å². The molecule has 1 aliphatic rings. The summed E-state index contributed by atoms with van der Waals surface area (Å²) in [6.07, 6.45) is 6.90. The number of thiazole rings is 1. The molecule has 0 aromatic carbocycles. The van der Waals surface area contributed by atoms with Gasteiger partial charge in [-0.1, -0.05) is 13.8 Å². The molecule has 0 bridgehead atoms. The summed E-state index contributed by atoms with van der Waals surface area (Å²) in [6.45, 7) is 11.5. The van der Waals surface area contributed by atoms with E-state index in [4.69, 9.17) is 0 Å². The number of hydrogen-bond acceptors (Lipinski definition) is 4. The van der Waals surface area contributed by atoms with Crippen molar-refractivity contribution in [3.05, 3.63) is 16.1 Å². The Morgan fingerprint density at radius 2 is 2.30 bits per heavy atom. The summed E-state index contributed by atoms with van der Waals surface area (Å²) in [7, 11) is 0. The summed E-state index contributed by atoms with van der Waals surface area (Å²) >= 11 is 1.88. The van der Waals surface area contributed by atoms with Crippen molar-refractivity contribution < 1.29 is 0 Å². The first kappa shape index (κ1) is 15.9. The van der Waals surface area contributed by atoms with Gasteiger partial charge in [-0.05, 0) is 46.1 Å². The lowest BCUT2D eigenvalue weighted by molar-refractivity contribution is 0.0954. The minimum atomic E-state index is 0.461. The number of hydrogen-bond donors (Lipinski definition) is 1. The Morgan fingerprint density at radius 1 is 1.50 bits per heavy atom. The smallest absolute Gasteiger partial charge is 0.110 e. The highest BCUT2D eigenvalue weighted by Crippen LogP contribution is 2.30. The number of aryl methyl sites for hydroxylation is 1. The van der Waals surface area contributed by atoms with E-state index in [1.165, 1.54) is 35.7 Å². The Balaban J connectivity index is 1.92. The van der Waals surface area contributed by atoms with Crippen LogP contribution in [0.15, 0.2) is 6.20 Å². The Bertz CT molecular complexity index is 404. The molecule has 0 amide bonds. The molecule has 1 aromatic rings. The predicted molar refractivity (Wildman–Crippen MR) is 87.4 cm³/mol. The van der Waals surface area contributed by atoms with Gasteiger partial charge in [-0.15, -0.1) is 11.3 Å². The van der Waals surface area contributed by atoms with Crippen molar-refractivity contribution in [3.63, 3.8) is 0 Å². The Labute approximate surface area is 127 Å². The molecule has 114 valence electrons. The normalized spacial score (nSPS) is 25.8. The van der Waals surface area contributed by atoms with Gasteiger partial charge in [0.2, 0.25) is 0 Å². The van der Waals surface area contributed by atoms with Crippen LogP contribution in [-0.2, 0) is 6.42 Å². The lowest BCUT2D eigenvalue weighted by Gasteiger charge is -2.41.